The fourth-order valence-corrected chi connectivity index (χ4v) is 3.33. The van der Waals surface area contributed by atoms with Crippen LogP contribution in [0, 0.1) is 0 Å². The van der Waals surface area contributed by atoms with Gasteiger partial charge in [-0.05, 0) is 44.5 Å². The molecule has 0 spiro atoms. The number of fused-ring (bicyclic) bond motifs is 3. The number of rotatable bonds is 0. The molecule has 1 aliphatic heterocycles. The Hall–Kier alpha value is -0.740. The molecule has 4 heteroatoms. The summed E-state index contributed by atoms with van der Waals surface area (Å²) in [6, 6.07) is 4.23. The van der Waals surface area contributed by atoms with Crippen molar-refractivity contribution in [3.8, 4) is 11.5 Å². The standard InChI is InChI=1S/C13H17NO2.BrH/c1-14-7-6-9-8-3-5-12(15)13(16)10(8)2-4-11(9)14;/h3,5,9,11,15-16H,2,4,6-7H2,1H3;1H/t9-,11+;/m1./s1. The Morgan fingerprint density at radius 2 is 2.00 bits per heavy atom. The lowest BCUT2D eigenvalue weighted by Crippen LogP contribution is -2.32. The fourth-order valence-electron chi connectivity index (χ4n) is 3.33. The molecule has 17 heavy (non-hydrogen) atoms. The van der Waals surface area contributed by atoms with Crippen LogP contribution in [0.25, 0.3) is 0 Å². The molecule has 0 saturated carbocycles. The molecule has 0 aromatic heterocycles. The zero-order valence-electron chi connectivity index (χ0n) is 9.89. The van der Waals surface area contributed by atoms with Crippen molar-refractivity contribution in [1.82, 2.24) is 4.90 Å². The van der Waals surface area contributed by atoms with E-state index >= 15 is 0 Å². The van der Waals surface area contributed by atoms with Crippen molar-refractivity contribution in [3.05, 3.63) is 23.3 Å². The first-order valence-corrected chi connectivity index (χ1v) is 5.92. The summed E-state index contributed by atoms with van der Waals surface area (Å²) in [5.41, 5.74) is 2.22. The molecule has 0 amide bonds. The minimum Gasteiger partial charge on any atom is -0.504 e. The van der Waals surface area contributed by atoms with Crippen molar-refractivity contribution in [2.45, 2.75) is 31.2 Å². The van der Waals surface area contributed by atoms with Gasteiger partial charge >= 0.3 is 0 Å². The summed E-state index contributed by atoms with van der Waals surface area (Å²) >= 11 is 0. The average molecular weight is 300 g/mol. The summed E-state index contributed by atoms with van der Waals surface area (Å²) in [7, 11) is 2.18. The molecule has 0 bridgehead atoms. The molecule has 1 aliphatic carbocycles. The summed E-state index contributed by atoms with van der Waals surface area (Å²) in [4.78, 5) is 2.41. The fraction of sp³-hybridized carbons (Fsp3) is 0.538. The monoisotopic (exact) mass is 299 g/mol. The maximum atomic E-state index is 9.87. The molecule has 3 nitrogen and oxygen atoms in total. The number of aromatic hydroxyl groups is 2. The van der Waals surface area contributed by atoms with E-state index in [1.165, 1.54) is 12.0 Å². The van der Waals surface area contributed by atoms with Gasteiger partial charge in [0.05, 0.1) is 0 Å². The number of phenolic OH excluding ortho intramolecular Hbond substituents is 2. The van der Waals surface area contributed by atoms with Gasteiger partial charge in [0.25, 0.3) is 0 Å². The van der Waals surface area contributed by atoms with Crippen molar-refractivity contribution < 1.29 is 10.2 Å². The molecule has 1 fully saturated rings. The number of likely N-dealkylation sites (tertiary alicyclic amines) is 1. The van der Waals surface area contributed by atoms with Gasteiger partial charge < -0.3 is 15.1 Å². The van der Waals surface area contributed by atoms with Gasteiger partial charge in [0.15, 0.2) is 11.5 Å². The van der Waals surface area contributed by atoms with Gasteiger partial charge in [-0.15, -0.1) is 17.0 Å². The molecule has 2 aliphatic rings. The quantitative estimate of drug-likeness (QED) is 0.723. The molecule has 1 aromatic rings. The van der Waals surface area contributed by atoms with E-state index in [0.717, 1.165) is 24.9 Å². The minimum absolute atomic E-state index is 0. The summed E-state index contributed by atoms with van der Waals surface area (Å²) < 4.78 is 0. The zero-order valence-corrected chi connectivity index (χ0v) is 11.6. The van der Waals surface area contributed by atoms with E-state index in [9.17, 15) is 10.2 Å². The Balaban J connectivity index is 0.00000108. The molecular formula is C13H18BrNO2. The highest BCUT2D eigenvalue weighted by molar-refractivity contribution is 8.93. The number of hydrogen-bond acceptors (Lipinski definition) is 3. The van der Waals surface area contributed by atoms with E-state index in [1.54, 1.807) is 6.07 Å². The third-order valence-electron chi connectivity index (χ3n) is 4.21. The molecule has 94 valence electrons. The lowest BCUT2D eigenvalue weighted by molar-refractivity contribution is 0.272. The molecule has 3 rings (SSSR count). The molecule has 1 saturated heterocycles. The van der Waals surface area contributed by atoms with E-state index < -0.39 is 0 Å². The Labute approximate surface area is 112 Å². The summed E-state index contributed by atoms with van der Waals surface area (Å²) in [5, 5.41) is 19.4. The van der Waals surface area contributed by atoms with Crippen LogP contribution < -0.4 is 0 Å². The van der Waals surface area contributed by atoms with E-state index in [2.05, 4.69) is 11.9 Å². The Bertz CT molecular complexity index is 436. The first kappa shape index (κ1) is 12.7. The van der Waals surface area contributed by atoms with Crippen molar-refractivity contribution in [3.63, 3.8) is 0 Å². The molecule has 2 N–H and O–H groups in total. The number of halogens is 1. The van der Waals surface area contributed by atoms with Crippen LogP contribution in [0.1, 0.15) is 29.9 Å². The molecule has 1 heterocycles. The lowest BCUT2D eigenvalue weighted by atomic mass is 9.79. The van der Waals surface area contributed by atoms with E-state index in [-0.39, 0.29) is 28.5 Å². The second-order valence-corrected chi connectivity index (χ2v) is 4.98. The Kier molecular flexibility index (Phi) is 3.36. The minimum atomic E-state index is 0. The van der Waals surface area contributed by atoms with E-state index in [0.29, 0.717) is 12.0 Å². The van der Waals surface area contributed by atoms with E-state index in [1.807, 2.05) is 6.07 Å². The van der Waals surface area contributed by atoms with Crippen LogP contribution in [-0.4, -0.2) is 34.7 Å². The highest BCUT2D eigenvalue weighted by Gasteiger charge is 2.37. The normalized spacial score (nSPS) is 27.1. The molecular weight excluding hydrogens is 282 g/mol. The van der Waals surface area contributed by atoms with E-state index in [4.69, 9.17) is 0 Å². The second kappa shape index (κ2) is 4.50. The van der Waals surface area contributed by atoms with Crippen LogP contribution in [0.2, 0.25) is 0 Å². The molecule has 1 aromatic carbocycles. The zero-order chi connectivity index (χ0) is 11.3. The third-order valence-corrected chi connectivity index (χ3v) is 4.21. The number of likely N-dealkylation sites (N-methyl/N-ethyl adjacent to an activating group) is 1. The van der Waals surface area contributed by atoms with Gasteiger partial charge in [-0.1, -0.05) is 6.07 Å². The van der Waals surface area contributed by atoms with Gasteiger partial charge in [-0.3, -0.25) is 0 Å². The highest BCUT2D eigenvalue weighted by atomic mass is 79.9. The summed E-state index contributed by atoms with van der Waals surface area (Å²) in [6.07, 6.45) is 3.13. The summed E-state index contributed by atoms with van der Waals surface area (Å²) in [6.45, 7) is 1.14. The Morgan fingerprint density at radius 3 is 2.76 bits per heavy atom. The van der Waals surface area contributed by atoms with Gasteiger partial charge in [-0.25, -0.2) is 0 Å². The third kappa shape index (κ3) is 1.83. The van der Waals surface area contributed by atoms with Crippen molar-refractivity contribution in [2.24, 2.45) is 0 Å². The van der Waals surface area contributed by atoms with Crippen molar-refractivity contribution >= 4 is 17.0 Å². The SMILES string of the molecule is Br.CN1CC[C@@H]2c3ccc(O)c(O)c3CC[C@@H]21. The van der Waals surface area contributed by atoms with Gasteiger partial charge in [0.2, 0.25) is 0 Å². The smallest absolute Gasteiger partial charge is 0.160 e. The maximum absolute atomic E-state index is 9.87. The highest BCUT2D eigenvalue weighted by Crippen LogP contribution is 2.45. The predicted molar refractivity (Wildman–Crippen MR) is 72.2 cm³/mol. The van der Waals surface area contributed by atoms with Gasteiger partial charge in [0.1, 0.15) is 0 Å². The second-order valence-electron chi connectivity index (χ2n) is 4.98. The van der Waals surface area contributed by atoms with Crippen LogP contribution in [0.15, 0.2) is 12.1 Å². The number of phenols is 2. The van der Waals surface area contributed by atoms with Gasteiger partial charge in [0, 0.05) is 17.5 Å². The number of hydrogen-bond donors (Lipinski definition) is 2. The summed E-state index contributed by atoms with van der Waals surface area (Å²) in [5.74, 6) is 0.661. The van der Waals surface area contributed by atoms with Crippen LogP contribution in [0.4, 0.5) is 0 Å². The molecule has 0 radical (unpaired) electrons. The predicted octanol–water partition coefficient (Wildman–Crippen LogP) is 2.41. The average Bonchev–Trinajstić information content (AvgIpc) is 2.66. The van der Waals surface area contributed by atoms with Crippen LogP contribution in [-0.2, 0) is 6.42 Å². The Morgan fingerprint density at radius 1 is 1.24 bits per heavy atom. The number of nitrogens with zero attached hydrogens (tertiary/aromatic N) is 1. The molecule has 0 unspecified atom stereocenters. The molecule has 2 atom stereocenters. The topological polar surface area (TPSA) is 43.7 Å². The first-order chi connectivity index (χ1) is 7.68. The largest absolute Gasteiger partial charge is 0.504 e. The first-order valence-electron chi connectivity index (χ1n) is 5.92. The van der Waals surface area contributed by atoms with Crippen LogP contribution in [0.5, 0.6) is 11.5 Å². The van der Waals surface area contributed by atoms with Crippen molar-refractivity contribution in [1.29, 1.82) is 0 Å². The van der Waals surface area contributed by atoms with Crippen molar-refractivity contribution in [2.75, 3.05) is 13.6 Å². The van der Waals surface area contributed by atoms with Gasteiger partial charge in [-0.2, -0.15) is 0 Å². The van der Waals surface area contributed by atoms with Crippen LogP contribution >= 0.6 is 17.0 Å². The number of benzene rings is 1. The maximum Gasteiger partial charge on any atom is 0.160 e. The lowest BCUT2D eigenvalue weighted by Gasteiger charge is -2.32. The van der Waals surface area contributed by atoms with Crippen LogP contribution in [0.3, 0.4) is 0 Å².